The Morgan fingerprint density at radius 1 is 0.403 bits per heavy atom. The Morgan fingerprint density at radius 3 is 1.11 bits per heavy atom. The predicted molar refractivity (Wildman–Crippen MR) is 247 cm³/mol. The van der Waals surface area contributed by atoms with Crippen LogP contribution in [0.1, 0.15) is 81.4 Å². The highest BCUT2D eigenvalue weighted by Gasteiger charge is 2.46. The van der Waals surface area contributed by atoms with Gasteiger partial charge in [-0.2, -0.15) is 0 Å². The number of amides is 6. The summed E-state index contributed by atoms with van der Waals surface area (Å²) in [5.41, 5.74) is 2.71. The summed E-state index contributed by atoms with van der Waals surface area (Å²) in [5.74, 6) is -1.52. The number of rotatable bonds is 24. The first-order chi connectivity index (χ1) is 29.3. The van der Waals surface area contributed by atoms with Crippen molar-refractivity contribution in [3.63, 3.8) is 0 Å². The van der Waals surface area contributed by atoms with Crippen molar-refractivity contribution in [2.24, 2.45) is 0 Å². The van der Waals surface area contributed by atoms with Gasteiger partial charge in [0.05, 0.1) is 33.4 Å². The van der Waals surface area contributed by atoms with Crippen molar-refractivity contribution in [2.75, 3.05) is 45.8 Å². The van der Waals surface area contributed by atoms with E-state index >= 15 is 0 Å². The molecule has 3 aliphatic heterocycles. The van der Waals surface area contributed by atoms with E-state index in [2.05, 4.69) is 56.5 Å². The van der Waals surface area contributed by atoms with Gasteiger partial charge in [-0.3, -0.25) is 43.5 Å². The predicted octanol–water partition coefficient (Wildman–Crippen LogP) is 6.46. The van der Waals surface area contributed by atoms with Crippen LogP contribution >= 0.6 is 0 Å². The fourth-order valence-electron chi connectivity index (χ4n) is 8.81. The molecule has 332 valence electrons. The van der Waals surface area contributed by atoms with Crippen molar-refractivity contribution in [3.05, 3.63) is 106 Å². The van der Waals surface area contributed by atoms with Crippen LogP contribution in [-0.4, -0.2) is 130 Å². The molecule has 1 unspecified atom stereocenters. The van der Waals surface area contributed by atoms with Gasteiger partial charge in [0, 0.05) is 32.7 Å². The minimum absolute atomic E-state index is 0.245. The largest absolute Gasteiger partial charge is 0.436 e. The molecule has 2 N–H and O–H groups in total. The molecule has 0 aromatic heterocycles. The Labute approximate surface area is 369 Å². The molecule has 0 radical (unpaired) electrons. The summed E-state index contributed by atoms with van der Waals surface area (Å²) in [4.78, 5) is 81.1. The molecular formula is C44H61N5O9Si4. The zero-order chi connectivity index (χ0) is 44.9. The first kappa shape index (κ1) is 47.2. The lowest BCUT2D eigenvalue weighted by Gasteiger charge is -2.43. The third-order valence-electron chi connectivity index (χ3n) is 11.4. The van der Waals surface area contributed by atoms with Gasteiger partial charge in [0.2, 0.25) is 0 Å². The van der Waals surface area contributed by atoms with Crippen LogP contribution in [0.4, 0.5) is 0 Å². The second-order valence-corrected chi connectivity index (χ2v) is 34.1. The van der Waals surface area contributed by atoms with Crippen molar-refractivity contribution in [3.8, 4) is 0 Å². The lowest BCUT2D eigenvalue weighted by molar-refractivity contribution is 0.0639. The topological polar surface area (TPSA) is 164 Å². The molecule has 0 spiro atoms. The maximum Gasteiger partial charge on any atom is 0.315 e. The van der Waals surface area contributed by atoms with E-state index in [1.165, 1.54) is 14.7 Å². The maximum absolute atomic E-state index is 13.0. The van der Waals surface area contributed by atoms with Crippen molar-refractivity contribution in [2.45, 2.75) is 83.2 Å². The van der Waals surface area contributed by atoms with Crippen LogP contribution in [0.25, 0.3) is 0 Å². The third kappa shape index (κ3) is 11.3. The number of benzene rings is 3. The molecule has 6 rings (SSSR count). The Kier molecular flexibility index (Phi) is 15.0. The molecule has 0 saturated carbocycles. The van der Waals surface area contributed by atoms with Crippen LogP contribution in [-0.2, 0) is 12.3 Å². The monoisotopic (exact) mass is 915 g/mol. The molecular weight excluding hydrogens is 855 g/mol. The zero-order valence-electron chi connectivity index (χ0n) is 37.1. The summed E-state index contributed by atoms with van der Waals surface area (Å²) < 4.78 is 21.3. The fourth-order valence-corrected chi connectivity index (χ4v) is 28.5. The SMILES string of the molecule is C[Si](C)(CCCN1C(=O)c2ccccc2C1=O)O[Si](C)(C)O[Si](C)(CCCNCCN1C(=O)c2ccccc2C1=O)O[Si](C)(C)CCCNCCN1C(=O)c2ccccc2C1=O. The summed E-state index contributed by atoms with van der Waals surface area (Å²) in [6.07, 6.45) is 2.26. The van der Waals surface area contributed by atoms with Crippen molar-refractivity contribution < 1.29 is 41.1 Å². The fraction of sp³-hybridized carbons (Fsp3) is 0.455. The van der Waals surface area contributed by atoms with Gasteiger partial charge in [-0.05, 0) is 133 Å². The van der Waals surface area contributed by atoms with E-state index in [0.717, 1.165) is 24.9 Å². The molecule has 0 fully saturated rings. The number of nitrogens with one attached hydrogen (secondary N) is 2. The van der Waals surface area contributed by atoms with Gasteiger partial charge >= 0.3 is 17.1 Å². The highest BCUT2D eigenvalue weighted by molar-refractivity contribution is 6.89. The molecule has 0 aliphatic carbocycles. The van der Waals surface area contributed by atoms with Crippen molar-refractivity contribution in [1.82, 2.24) is 25.3 Å². The van der Waals surface area contributed by atoms with Gasteiger partial charge < -0.3 is 23.0 Å². The molecule has 6 amide bonds. The highest BCUT2D eigenvalue weighted by Crippen LogP contribution is 2.31. The van der Waals surface area contributed by atoms with Crippen molar-refractivity contribution in [1.29, 1.82) is 0 Å². The number of hydrogen-bond acceptors (Lipinski definition) is 11. The Balaban J connectivity index is 1.00. The van der Waals surface area contributed by atoms with E-state index < -0.39 is 33.8 Å². The Morgan fingerprint density at radius 2 is 0.726 bits per heavy atom. The van der Waals surface area contributed by atoms with Crippen LogP contribution in [0, 0.1) is 0 Å². The van der Waals surface area contributed by atoms with Crippen LogP contribution < -0.4 is 10.6 Å². The number of nitrogens with zero attached hydrogens (tertiary/aromatic N) is 3. The lowest BCUT2D eigenvalue weighted by atomic mass is 10.1. The molecule has 0 bridgehead atoms. The van der Waals surface area contributed by atoms with E-state index in [1.54, 1.807) is 72.8 Å². The summed E-state index contributed by atoms with van der Waals surface area (Å²) >= 11 is 0. The van der Waals surface area contributed by atoms with E-state index in [0.29, 0.717) is 85.1 Å². The number of fused-ring (bicyclic) bond motifs is 3. The van der Waals surface area contributed by atoms with Gasteiger partial charge in [-0.15, -0.1) is 0 Å². The molecule has 3 heterocycles. The van der Waals surface area contributed by atoms with Gasteiger partial charge in [0.15, 0.2) is 16.6 Å². The van der Waals surface area contributed by atoms with Crippen LogP contribution in [0.2, 0.25) is 64.0 Å². The average molecular weight is 916 g/mol. The van der Waals surface area contributed by atoms with Crippen LogP contribution in [0.15, 0.2) is 72.8 Å². The number of imide groups is 3. The summed E-state index contributed by atoms with van der Waals surface area (Å²) in [7, 11) is -10.2. The molecule has 1 atom stereocenters. The van der Waals surface area contributed by atoms with Crippen LogP contribution in [0.3, 0.4) is 0 Å². The van der Waals surface area contributed by atoms with Crippen molar-refractivity contribution >= 4 is 69.2 Å². The third-order valence-corrected chi connectivity index (χ3v) is 27.6. The van der Waals surface area contributed by atoms with Crippen LogP contribution in [0.5, 0.6) is 0 Å². The van der Waals surface area contributed by atoms with E-state index in [1.807, 2.05) is 0 Å². The van der Waals surface area contributed by atoms with Gasteiger partial charge in [-0.25, -0.2) is 0 Å². The number of carbonyl (C=O) groups is 6. The molecule has 62 heavy (non-hydrogen) atoms. The Hall–Kier alpha value is -4.25. The quantitative estimate of drug-likeness (QED) is 0.0576. The Bertz CT molecular complexity index is 2100. The zero-order valence-corrected chi connectivity index (χ0v) is 41.1. The molecule has 3 aliphatic rings. The van der Waals surface area contributed by atoms with Gasteiger partial charge in [0.1, 0.15) is 0 Å². The summed E-state index contributed by atoms with van der Waals surface area (Å²) in [5, 5.41) is 6.82. The summed E-state index contributed by atoms with van der Waals surface area (Å²) in [6, 6.07) is 23.1. The minimum atomic E-state index is -2.86. The normalized spacial score (nSPS) is 16.4. The molecule has 0 saturated heterocycles. The number of hydrogen-bond donors (Lipinski definition) is 2. The lowest BCUT2D eigenvalue weighted by Crippen LogP contribution is -2.58. The van der Waals surface area contributed by atoms with E-state index in [4.69, 9.17) is 12.3 Å². The first-order valence-corrected chi connectivity index (χ1v) is 33.3. The minimum Gasteiger partial charge on any atom is -0.436 e. The van der Waals surface area contributed by atoms with Gasteiger partial charge in [-0.1, -0.05) is 36.4 Å². The molecule has 3 aromatic rings. The first-order valence-electron chi connectivity index (χ1n) is 21.7. The second kappa shape index (κ2) is 19.6. The molecule has 14 nitrogen and oxygen atoms in total. The molecule has 18 heteroatoms. The second-order valence-electron chi connectivity index (χ2n) is 18.1. The highest BCUT2D eigenvalue weighted by atomic mass is 28.5. The summed E-state index contributed by atoms with van der Waals surface area (Å²) in [6.45, 7) is 18.3. The van der Waals surface area contributed by atoms with E-state index in [-0.39, 0.29) is 42.0 Å². The average Bonchev–Trinajstić information content (AvgIpc) is 3.71. The molecule has 3 aromatic carbocycles. The van der Waals surface area contributed by atoms with E-state index in [9.17, 15) is 28.8 Å². The number of carbonyl (C=O) groups excluding carboxylic acids is 6. The standard InChI is InChI=1S/C44H61N5O9Si4/c1-59(2,31-16-27-47-39(50)33-17-8-9-18-34(33)40(47)51)56-61(5,6)58-62(7,32-15-24-46-26-29-49-43(54)37-21-12-13-22-38(37)44(49)55)57-60(3,4)30-14-23-45-25-28-48-41(52)35-19-10-11-20-36(35)42(48)53/h8-13,17-22,45-46H,14-16,23-32H2,1-7H3. The smallest absolute Gasteiger partial charge is 0.315 e. The maximum atomic E-state index is 13.0. The van der Waals surface area contributed by atoms with Gasteiger partial charge in [0.25, 0.3) is 35.4 Å².